The minimum atomic E-state index is 0.250. The molecule has 0 radical (unpaired) electrons. The Kier molecular flexibility index (Phi) is 9.84. The monoisotopic (exact) mass is 195 g/mol. The summed E-state index contributed by atoms with van der Waals surface area (Å²) < 4.78 is 4.36. The first-order valence-corrected chi connectivity index (χ1v) is 4.06. The van der Waals surface area contributed by atoms with Crippen molar-refractivity contribution in [1.82, 2.24) is 15.2 Å². The van der Waals surface area contributed by atoms with Crippen molar-refractivity contribution in [2.45, 2.75) is 6.92 Å². The van der Waals surface area contributed by atoms with Gasteiger partial charge in [-0.3, -0.25) is 4.98 Å². The molecule has 2 rings (SSSR count). The predicted octanol–water partition coefficient (Wildman–Crippen LogP) is 1.15. The number of nitrogens with zero attached hydrogens (tertiary/aromatic N) is 3. The van der Waals surface area contributed by atoms with E-state index in [1.807, 2.05) is 18.2 Å². The van der Waals surface area contributed by atoms with Crippen molar-refractivity contribution in [3.8, 4) is 0 Å². The molecule has 1 N–H and O–H groups in total. The van der Waals surface area contributed by atoms with Gasteiger partial charge in [0, 0.05) is 19.0 Å². The molecule has 76 valence electrons. The zero-order valence-electron chi connectivity index (χ0n) is 7.95. The lowest BCUT2D eigenvalue weighted by molar-refractivity contribution is 0.318. The maximum absolute atomic E-state index is 7.57. The van der Waals surface area contributed by atoms with Gasteiger partial charge in [-0.25, -0.2) is 0 Å². The predicted molar refractivity (Wildman–Crippen MR) is 51.3 cm³/mol. The Morgan fingerprint density at radius 3 is 1.71 bits per heavy atom. The first-order chi connectivity index (χ1) is 6.91. The van der Waals surface area contributed by atoms with Crippen LogP contribution in [0.1, 0.15) is 6.92 Å². The molecule has 0 aliphatic heterocycles. The summed E-state index contributed by atoms with van der Waals surface area (Å²) in [5, 5.41) is 14.2. The lowest BCUT2D eigenvalue weighted by Crippen LogP contribution is -1.58. The van der Waals surface area contributed by atoms with E-state index in [-0.39, 0.29) is 6.61 Å². The van der Waals surface area contributed by atoms with E-state index in [2.05, 4.69) is 19.6 Å². The van der Waals surface area contributed by atoms with E-state index in [1.54, 1.807) is 19.3 Å². The highest BCUT2D eigenvalue weighted by Gasteiger charge is 1.60. The molecule has 0 unspecified atom stereocenters. The summed E-state index contributed by atoms with van der Waals surface area (Å²) >= 11 is 0. The quantitative estimate of drug-likeness (QED) is 0.682. The molecule has 2 aromatic rings. The van der Waals surface area contributed by atoms with E-state index in [0.29, 0.717) is 0 Å². The van der Waals surface area contributed by atoms with Crippen LogP contribution in [0.4, 0.5) is 0 Å². The van der Waals surface area contributed by atoms with Crippen LogP contribution in [0, 0.1) is 0 Å². The number of hydrogen-bond acceptors (Lipinski definition) is 5. The van der Waals surface area contributed by atoms with Crippen molar-refractivity contribution in [2.24, 2.45) is 0 Å². The topological polar surface area (TPSA) is 72.0 Å². The SMILES string of the molecule is CCO.c1ccncc1.c1nnco1. The van der Waals surface area contributed by atoms with Crippen molar-refractivity contribution in [3.63, 3.8) is 0 Å². The third-order valence-corrected chi connectivity index (χ3v) is 0.849. The zero-order chi connectivity index (χ0) is 10.5. The van der Waals surface area contributed by atoms with Gasteiger partial charge >= 0.3 is 0 Å². The standard InChI is InChI=1S/C5H5N.C2H2N2O.C2H6O/c1-2-4-6-5-3-1;1-3-4-2-5-1;1-2-3/h1-5H;1-2H;3H,2H2,1H3. The van der Waals surface area contributed by atoms with E-state index in [4.69, 9.17) is 5.11 Å². The number of pyridine rings is 1. The molecule has 0 amide bonds. The Morgan fingerprint density at radius 2 is 1.57 bits per heavy atom. The van der Waals surface area contributed by atoms with Gasteiger partial charge in [0.15, 0.2) is 0 Å². The molecule has 0 saturated heterocycles. The second-order valence-electron chi connectivity index (χ2n) is 1.92. The minimum Gasteiger partial charge on any atom is -0.431 e. The fourth-order valence-electron chi connectivity index (χ4n) is 0.449. The highest BCUT2D eigenvalue weighted by Crippen LogP contribution is 1.73. The molecule has 0 spiro atoms. The van der Waals surface area contributed by atoms with Crippen LogP contribution in [0.5, 0.6) is 0 Å². The second kappa shape index (κ2) is 11.2. The van der Waals surface area contributed by atoms with E-state index >= 15 is 0 Å². The number of aromatic nitrogens is 3. The molecule has 0 aliphatic carbocycles. The molecule has 0 saturated carbocycles. The Balaban J connectivity index is 0.000000193. The number of aliphatic hydroxyl groups is 1. The van der Waals surface area contributed by atoms with Gasteiger partial charge in [0.1, 0.15) is 0 Å². The van der Waals surface area contributed by atoms with Crippen LogP contribution in [0.3, 0.4) is 0 Å². The summed E-state index contributed by atoms with van der Waals surface area (Å²) in [6.45, 7) is 1.93. The van der Waals surface area contributed by atoms with Crippen LogP contribution in [0.2, 0.25) is 0 Å². The Morgan fingerprint density at radius 1 is 1.07 bits per heavy atom. The Labute approximate surface area is 82.4 Å². The molecule has 0 fully saturated rings. The smallest absolute Gasteiger partial charge is 0.203 e. The molecule has 0 bridgehead atoms. The van der Waals surface area contributed by atoms with Gasteiger partial charge in [0.25, 0.3) is 0 Å². The first kappa shape index (κ1) is 12.2. The van der Waals surface area contributed by atoms with Crippen LogP contribution in [0.15, 0.2) is 47.8 Å². The van der Waals surface area contributed by atoms with Crippen molar-refractivity contribution in [2.75, 3.05) is 6.61 Å². The van der Waals surface area contributed by atoms with Crippen molar-refractivity contribution >= 4 is 0 Å². The molecular weight excluding hydrogens is 182 g/mol. The van der Waals surface area contributed by atoms with Gasteiger partial charge in [-0.05, 0) is 19.1 Å². The summed E-state index contributed by atoms with van der Waals surface area (Å²) in [7, 11) is 0. The van der Waals surface area contributed by atoms with Gasteiger partial charge < -0.3 is 9.52 Å². The van der Waals surface area contributed by atoms with Crippen LogP contribution in [0.25, 0.3) is 0 Å². The minimum absolute atomic E-state index is 0.250. The van der Waals surface area contributed by atoms with Gasteiger partial charge in [-0.15, -0.1) is 10.2 Å². The Hall–Kier alpha value is -1.75. The average Bonchev–Trinajstić information content (AvgIpc) is 2.80. The van der Waals surface area contributed by atoms with Crippen molar-refractivity contribution in [1.29, 1.82) is 0 Å². The number of aliphatic hydroxyl groups excluding tert-OH is 1. The molecule has 5 nitrogen and oxygen atoms in total. The van der Waals surface area contributed by atoms with Gasteiger partial charge in [-0.2, -0.15) is 0 Å². The molecule has 2 heterocycles. The van der Waals surface area contributed by atoms with E-state index < -0.39 is 0 Å². The third-order valence-electron chi connectivity index (χ3n) is 0.849. The van der Waals surface area contributed by atoms with Crippen LogP contribution in [-0.4, -0.2) is 26.9 Å². The van der Waals surface area contributed by atoms with Gasteiger partial charge in [0.05, 0.1) is 0 Å². The highest BCUT2D eigenvalue weighted by molar-refractivity contribution is 4.88. The largest absolute Gasteiger partial charge is 0.431 e. The maximum Gasteiger partial charge on any atom is 0.203 e. The zero-order valence-corrected chi connectivity index (χ0v) is 7.95. The Bertz CT molecular complexity index is 217. The van der Waals surface area contributed by atoms with E-state index in [9.17, 15) is 0 Å². The molecule has 0 atom stereocenters. The normalized spacial score (nSPS) is 7.57. The van der Waals surface area contributed by atoms with E-state index in [1.165, 1.54) is 12.8 Å². The number of hydrogen-bond donors (Lipinski definition) is 1. The second-order valence-corrected chi connectivity index (χ2v) is 1.92. The van der Waals surface area contributed by atoms with Crippen molar-refractivity contribution in [3.05, 3.63) is 43.4 Å². The third kappa shape index (κ3) is 10.2. The summed E-state index contributed by atoms with van der Waals surface area (Å²) in [4.78, 5) is 3.78. The summed E-state index contributed by atoms with van der Waals surface area (Å²) in [6, 6.07) is 5.72. The lowest BCUT2D eigenvalue weighted by Gasteiger charge is -1.70. The van der Waals surface area contributed by atoms with Gasteiger partial charge in [-0.1, -0.05) is 6.07 Å². The first-order valence-electron chi connectivity index (χ1n) is 4.06. The fourth-order valence-corrected chi connectivity index (χ4v) is 0.449. The average molecular weight is 195 g/mol. The van der Waals surface area contributed by atoms with Crippen molar-refractivity contribution < 1.29 is 9.52 Å². The summed E-state index contributed by atoms with van der Waals surface area (Å²) in [6.07, 6.45) is 6.03. The highest BCUT2D eigenvalue weighted by atomic mass is 16.3. The lowest BCUT2D eigenvalue weighted by atomic mass is 10.5. The molecule has 2 aromatic heterocycles. The van der Waals surface area contributed by atoms with Crippen LogP contribution in [-0.2, 0) is 0 Å². The summed E-state index contributed by atoms with van der Waals surface area (Å²) in [5.41, 5.74) is 0. The number of rotatable bonds is 0. The molecule has 5 heteroatoms. The summed E-state index contributed by atoms with van der Waals surface area (Å²) in [5.74, 6) is 0. The fraction of sp³-hybridized carbons (Fsp3) is 0.222. The van der Waals surface area contributed by atoms with E-state index in [0.717, 1.165) is 0 Å². The van der Waals surface area contributed by atoms with Crippen LogP contribution >= 0.6 is 0 Å². The molecular formula is C9H13N3O2. The molecule has 0 aliphatic rings. The van der Waals surface area contributed by atoms with Crippen LogP contribution < -0.4 is 0 Å². The maximum atomic E-state index is 7.57. The van der Waals surface area contributed by atoms with Gasteiger partial charge in [0.2, 0.25) is 12.8 Å². The molecule has 0 aromatic carbocycles. The molecule has 14 heavy (non-hydrogen) atoms.